The Labute approximate surface area is 79.8 Å². The summed E-state index contributed by atoms with van der Waals surface area (Å²) >= 11 is 0. The SMILES string of the molecule is COCC(C)(NCC(C)C)C(N)=O. The van der Waals surface area contributed by atoms with Crippen LogP contribution in [0.3, 0.4) is 0 Å². The van der Waals surface area contributed by atoms with Crippen LogP contribution in [0, 0.1) is 5.92 Å². The molecule has 78 valence electrons. The summed E-state index contributed by atoms with van der Waals surface area (Å²) in [5.41, 5.74) is 4.51. The number of ether oxygens (including phenoxy) is 1. The predicted octanol–water partition coefficient (Wildman–Crippen LogP) is 0.122. The Morgan fingerprint density at radius 2 is 2.15 bits per heavy atom. The van der Waals surface area contributed by atoms with E-state index in [2.05, 4.69) is 19.2 Å². The predicted molar refractivity (Wildman–Crippen MR) is 52.3 cm³/mol. The van der Waals surface area contributed by atoms with Gasteiger partial charge in [0.25, 0.3) is 0 Å². The summed E-state index contributed by atoms with van der Waals surface area (Å²) in [5.74, 6) is 0.102. The molecule has 0 aliphatic rings. The normalized spacial score (nSPS) is 15.8. The van der Waals surface area contributed by atoms with Crippen LogP contribution < -0.4 is 11.1 Å². The maximum Gasteiger partial charge on any atom is 0.239 e. The standard InChI is InChI=1S/C9H20N2O2/c1-7(2)5-11-9(3,6-13-4)8(10)12/h7,11H,5-6H2,1-4H3,(H2,10,12). The second-order valence-corrected chi connectivity index (χ2v) is 3.90. The number of hydrogen-bond acceptors (Lipinski definition) is 3. The first-order valence-corrected chi connectivity index (χ1v) is 4.46. The van der Waals surface area contributed by atoms with Crippen LogP contribution in [0.15, 0.2) is 0 Å². The quantitative estimate of drug-likeness (QED) is 0.622. The molecular weight excluding hydrogens is 168 g/mol. The summed E-state index contributed by atoms with van der Waals surface area (Å²) < 4.78 is 4.94. The zero-order chi connectivity index (χ0) is 10.5. The molecular formula is C9H20N2O2. The molecule has 4 nitrogen and oxygen atoms in total. The first-order chi connectivity index (χ1) is 5.92. The number of carbonyl (C=O) groups excluding carboxylic acids is 1. The highest BCUT2D eigenvalue weighted by molar-refractivity contribution is 5.84. The Hall–Kier alpha value is -0.610. The Kier molecular flexibility index (Phi) is 4.95. The van der Waals surface area contributed by atoms with Crippen molar-refractivity contribution in [3.8, 4) is 0 Å². The average Bonchev–Trinajstić information content (AvgIpc) is 2.01. The number of nitrogens with two attached hydrogens (primary N) is 1. The van der Waals surface area contributed by atoms with Gasteiger partial charge in [0, 0.05) is 7.11 Å². The number of rotatable bonds is 6. The molecule has 0 aromatic rings. The lowest BCUT2D eigenvalue weighted by Gasteiger charge is -2.27. The highest BCUT2D eigenvalue weighted by Crippen LogP contribution is 2.04. The van der Waals surface area contributed by atoms with Crippen molar-refractivity contribution in [2.75, 3.05) is 20.3 Å². The molecule has 0 saturated carbocycles. The molecule has 0 fully saturated rings. The Morgan fingerprint density at radius 1 is 1.62 bits per heavy atom. The van der Waals surface area contributed by atoms with Crippen LogP contribution in [-0.2, 0) is 9.53 Å². The van der Waals surface area contributed by atoms with Gasteiger partial charge < -0.3 is 15.8 Å². The van der Waals surface area contributed by atoms with E-state index in [1.54, 1.807) is 14.0 Å². The van der Waals surface area contributed by atoms with Gasteiger partial charge in [0.15, 0.2) is 0 Å². The molecule has 3 N–H and O–H groups in total. The van der Waals surface area contributed by atoms with E-state index in [0.717, 1.165) is 6.54 Å². The van der Waals surface area contributed by atoms with E-state index in [-0.39, 0.29) is 5.91 Å². The first kappa shape index (κ1) is 12.4. The lowest BCUT2D eigenvalue weighted by atomic mass is 10.0. The molecule has 4 heteroatoms. The van der Waals surface area contributed by atoms with Gasteiger partial charge in [0.1, 0.15) is 5.54 Å². The van der Waals surface area contributed by atoms with Gasteiger partial charge in [-0.05, 0) is 19.4 Å². The zero-order valence-corrected chi connectivity index (χ0v) is 8.89. The van der Waals surface area contributed by atoms with Crippen molar-refractivity contribution in [1.29, 1.82) is 0 Å². The molecule has 0 saturated heterocycles. The maximum absolute atomic E-state index is 11.1. The molecule has 13 heavy (non-hydrogen) atoms. The number of amides is 1. The molecule has 1 amide bonds. The van der Waals surface area contributed by atoms with Crippen LogP contribution in [0.1, 0.15) is 20.8 Å². The molecule has 1 atom stereocenters. The van der Waals surface area contributed by atoms with Gasteiger partial charge in [0.2, 0.25) is 5.91 Å². The summed E-state index contributed by atoms with van der Waals surface area (Å²) in [6.45, 7) is 6.95. The number of nitrogens with one attached hydrogen (secondary N) is 1. The molecule has 0 bridgehead atoms. The van der Waals surface area contributed by atoms with E-state index in [4.69, 9.17) is 10.5 Å². The molecule has 1 unspecified atom stereocenters. The van der Waals surface area contributed by atoms with E-state index >= 15 is 0 Å². The summed E-state index contributed by atoms with van der Waals surface area (Å²) in [5, 5.41) is 3.10. The van der Waals surface area contributed by atoms with Crippen LogP contribution in [0.5, 0.6) is 0 Å². The molecule has 0 aromatic carbocycles. The van der Waals surface area contributed by atoms with Gasteiger partial charge >= 0.3 is 0 Å². The van der Waals surface area contributed by atoms with Crippen molar-refractivity contribution in [3.63, 3.8) is 0 Å². The van der Waals surface area contributed by atoms with Crippen molar-refractivity contribution in [2.45, 2.75) is 26.3 Å². The van der Waals surface area contributed by atoms with Crippen molar-refractivity contribution < 1.29 is 9.53 Å². The Bertz CT molecular complexity index is 171. The van der Waals surface area contributed by atoms with Gasteiger partial charge in [0.05, 0.1) is 6.61 Å². The van der Waals surface area contributed by atoms with E-state index < -0.39 is 5.54 Å². The third kappa shape index (κ3) is 4.24. The summed E-state index contributed by atoms with van der Waals surface area (Å²) in [6, 6.07) is 0. The molecule has 0 spiro atoms. The largest absolute Gasteiger partial charge is 0.382 e. The molecule has 0 aliphatic carbocycles. The van der Waals surface area contributed by atoms with Crippen molar-refractivity contribution in [2.24, 2.45) is 11.7 Å². The fourth-order valence-electron chi connectivity index (χ4n) is 0.927. The summed E-state index contributed by atoms with van der Waals surface area (Å²) in [7, 11) is 1.55. The van der Waals surface area contributed by atoms with E-state index in [1.807, 2.05) is 0 Å². The molecule has 0 radical (unpaired) electrons. The number of primary amides is 1. The number of hydrogen-bond donors (Lipinski definition) is 2. The zero-order valence-electron chi connectivity index (χ0n) is 8.89. The average molecular weight is 188 g/mol. The topological polar surface area (TPSA) is 64.3 Å². The van der Waals surface area contributed by atoms with Gasteiger partial charge in [-0.3, -0.25) is 4.79 Å². The maximum atomic E-state index is 11.1. The summed E-state index contributed by atoms with van der Waals surface area (Å²) in [6.07, 6.45) is 0. The third-order valence-electron chi connectivity index (χ3n) is 1.88. The third-order valence-corrected chi connectivity index (χ3v) is 1.88. The highest BCUT2D eigenvalue weighted by atomic mass is 16.5. The van der Waals surface area contributed by atoms with Gasteiger partial charge in [-0.25, -0.2) is 0 Å². The minimum atomic E-state index is -0.751. The van der Waals surface area contributed by atoms with Crippen LogP contribution in [0.2, 0.25) is 0 Å². The first-order valence-electron chi connectivity index (χ1n) is 4.46. The van der Waals surface area contributed by atoms with Crippen molar-refractivity contribution >= 4 is 5.91 Å². The van der Waals surface area contributed by atoms with Crippen molar-refractivity contribution in [1.82, 2.24) is 5.32 Å². The van der Waals surface area contributed by atoms with Gasteiger partial charge in [-0.1, -0.05) is 13.8 Å². The molecule has 0 aliphatic heterocycles. The molecule has 0 heterocycles. The second kappa shape index (κ2) is 5.19. The molecule has 0 rings (SSSR count). The monoisotopic (exact) mass is 188 g/mol. The lowest BCUT2D eigenvalue weighted by Crippen LogP contribution is -2.57. The van der Waals surface area contributed by atoms with Crippen LogP contribution in [0.4, 0.5) is 0 Å². The summed E-state index contributed by atoms with van der Waals surface area (Å²) in [4.78, 5) is 11.1. The van der Waals surface area contributed by atoms with Gasteiger partial charge in [-0.2, -0.15) is 0 Å². The fraction of sp³-hybridized carbons (Fsp3) is 0.889. The lowest BCUT2D eigenvalue weighted by molar-refractivity contribution is -0.125. The van der Waals surface area contributed by atoms with Crippen molar-refractivity contribution in [3.05, 3.63) is 0 Å². The van der Waals surface area contributed by atoms with Crippen LogP contribution in [0.25, 0.3) is 0 Å². The van der Waals surface area contributed by atoms with E-state index in [1.165, 1.54) is 0 Å². The minimum Gasteiger partial charge on any atom is -0.382 e. The Balaban J connectivity index is 4.16. The van der Waals surface area contributed by atoms with Crippen LogP contribution >= 0.6 is 0 Å². The minimum absolute atomic E-state index is 0.301. The van der Waals surface area contributed by atoms with Crippen LogP contribution in [-0.4, -0.2) is 31.7 Å². The van der Waals surface area contributed by atoms with E-state index in [9.17, 15) is 4.79 Å². The fourth-order valence-corrected chi connectivity index (χ4v) is 0.927. The number of carbonyl (C=O) groups is 1. The van der Waals surface area contributed by atoms with Gasteiger partial charge in [-0.15, -0.1) is 0 Å². The molecule has 0 aromatic heterocycles. The Morgan fingerprint density at radius 3 is 2.46 bits per heavy atom. The smallest absolute Gasteiger partial charge is 0.239 e. The highest BCUT2D eigenvalue weighted by Gasteiger charge is 2.30. The second-order valence-electron chi connectivity index (χ2n) is 3.90. The van der Waals surface area contributed by atoms with E-state index in [0.29, 0.717) is 12.5 Å². The number of methoxy groups -OCH3 is 1.